The van der Waals surface area contributed by atoms with Crippen LogP contribution in [-0.2, 0) is 30.4 Å². The molecule has 1 aliphatic rings. The molecule has 0 aliphatic carbocycles. The number of amides is 2. The summed E-state index contributed by atoms with van der Waals surface area (Å²) < 4.78 is 11.6. The number of nitrogens with one attached hydrogen (secondary N) is 1. The molecule has 2 amide bonds. The molecule has 1 aromatic carbocycles. The van der Waals surface area contributed by atoms with Crippen LogP contribution >= 0.6 is 0 Å². The van der Waals surface area contributed by atoms with Crippen LogP contribution in [0.25, 0.3) is 21.8 Å². The second-order valence-corrected chi connectivity index (χ2v) is 7.90. The third-order valence-corrected chi connectivity index (χ3v) is 5.78. The van der Waals surface area contributed by atoms with E-state index >= 15 is 0 Å². The first-order valence-corrected chi connectivity index (χ1v) is 11.1. The molecule has 178 valence electrons. The van der Waals surface area contributed by atoms with Gasteiger partial charge in [0.25, 0.3) is 0 Å². The highest BCUT2D eigenvalue weighted by atomic mass is 16.5. The molecule has 0 radical (unpaired) electrons. The minimum absolute atomic E-state index is 0.0118. The van der Waals surface area contributed by atoms with E-state index < -0.39 is 23.9 Å². The van der Waals surface area contributed by atoms with Gasteiger partial charge in [0.05, 0.1) is 24.9 Å². The van der Waals surface area contributed by atoms with Gasteiger partial charge in [-0.15, -0.1) is 0 Å². The van der Waals surface area contributed by atoms with Crippen LogP contribution in [0, 0.1) is 0 Å². The van der Waals surface area contributed by atoms with E-state index in [9.17, 15) is 19.2 Å². The quantitative estimate of drug-likeness (QED) is 0.529. The molecule has 1 unspecified atom stereocenters. The molecular formula is C24H26N4O6. The van der Waals surface area contributed by atoms with Gasteiger partial charge in [0, 0.05) is 22.8 Å². The monoisotopic (exact) mass is 466 g/mol. The van der Waals surface area contributed by atoms with Gasteiger partial charge in [-0.3, -0.25) is 14.4 Å². The van der Waals surface area contributed by atoms with Gasteiger partial charge >= 0.3 is 11.9 Å². The van der Waals surface area contributed by atoms with E-state index in [0.29, 0.717) is 23.9 Å². The lowest BCUT2D eigenvalue weighted by molar-refractivity contribution is -0.145. The van der Waals surface area contributed by atoms with Gasteiger partial charge in [0.2, 0.25) is 11.8 Å². The number of hydrogen-bond acceptors (Lipinski definition) is 7. The summed E-state index contributed by atoms with van der Waals surface area (Å²) in [6.45, 7) is 3.71. The van der Waals surface area contributed by atoms with Crippen LogP contribution in [0.5, 0.6) is 0 Å². The molecule has 1 atom stereocenters. The molecule has 10 nitrogen and oxygen atoms in total. The molecule has 0 saturated carbocycles. The Balaban J connectivity index is 1.96. The number of ether oxygens (including phenoxy) is 2. The summed E-state index contributed by atoms with van der Waals surface area (Å²) in [5.74, 6) is -2.09. The van der Waals surface area contributed by atoms with Crippen molar-refractivity contribution in [3.63, 3.8) is 0 Å². The Morgan fingerprint density at radius 2 is 1.94 bits per heavy atom. The fourth-order valence-corrected chi connectivity index (χ4v) is 4.41. The number of fused-ring (bicyclic) bond motifs is 3. The summed E-state index contributed by atoms with van der Waals surface area (Å²) >= 11 is 0. The van der Waals surface area contributed by atoms with Gasteiger partial charge in [-0.05, 0) is 25.5 Å². The fourth-order valence-electron chi connectivity index (χ4n) is 4.41. The predicted octanol–water partition coefficient (Wildman–Crippen LogP) is 1.95. The normalized spacial score (nSPS) is 15.3. The van der Waals surface area contributed by atoms with E-state index in [1.807, 2.05) is 35.8 Å². The summed E-state index contributed by atoms with van der Waals surface area (Å²) in [4.78, 5) is 57.1. The van der Waals surface area contributed by atoms with E-state index in [0.717, 1.165) is 10.9 Å². The molecule has 3 heterocycles. The number of hydrogen-bond donors (Lipinski definition) is 1. The Morgan fingerprint density at radius 1 is 1.18 bits per heavy atom. The molecule has 0 fully saturated rings. The van der Waals surface area contributed by atoms with Crippen LogP contribution < -0.4 is 5.32 Å². The smallest absolute Gasteiger partial charge is 0.356 e. The first kappa shape index (κ1) is 23.2. The van der Waals surface area contributed by atoms with E-state index in [1.54, 1.807) is 13.0 Å². The Bertz CT molecular complexity index is 1300. The first-order valence-electron chi connectivity index (χ1n) is 11.1. The predicted molar refractivity (Wildman–Crippen MR) is 123 cm³/mol. The van der Waals surface area contributed by atoms with Crippen LogP contribution in [0.15, 0.2) is 30.3 Å². The zero-order valence-corrected chi connectivity index (χ0v) is 19.3. The maximum atomic E-state index is 13.4. The average molecular weight is 466 g/mol. The Morgan fingerprint density at radius 3 is 2.65 bits per heavy atom. The highest BCUT2D eigenvalue weighted by Crippen LogP contribution is 2.37. The molecule has 0 bridgehead atoms. The van der Waals surface area contributed by atoms with E-state index in [2.05, 4.69) is 10.3 Å². The van der Waals surface area contributed by atoms with Crippen LogP contribution in [-0.4, -0.2) is 65.0 Å². The molecular weight excluding hydrogens is 440 g/mol. The van der Waals surface area contributed by atoms with Crippen molar-refractivity contribution in [3.05, 3.63) is 41.7 Å². The van der Waals surface area contributed by atoms with Gasteiger partial charge in [0.1, 0.15) is 18.8 Å². The Hall–Kier alpha value is -3.95. The van der Waals surface area contributed by atoms with Crippen molar-refractivity contribution in [2.24, 2.45) is 0 Å². The van der Waals surface area contributed by atoms with Crippen LogP contribution in [0.1, 0.15) is 42.5 Å². The second kappa shape index (κ2) is 9.50. The van der Waals surface area contributed by atoms with Crippen molar-refractivity contribution < 1.29 is 28.7 Å². The van der Waals surface area contributed by atoms with Crippen LogP contribution in [0.2, 0.25) is 0 Å². The zero-order chi connectivity index (χ0) is 24.4. The summed E-state index contributed by atoms with van der Waals surface area (Å²) in [6, 6.07) is 7.99. The molecule has 0 spiro atoms. The lowest BCUT2D eigenvalue weighted by atomic mass is 10.0. The van der Waals surface area contributed by atoms with Gasteiger partial charge in [0.15, 0.2) is 6.04 Å². The van der Waals surface area contributed by atoms with E-state index in [-0.39, 0.29) is 37.0 Å². The molecule has 10 heteroatoms. The number of benzene rings is 1. The number of pyridine rings is 1. The zero-order valence-electron chi connectivity index (χ0n) is 19.3. The summed E-state index contributed by atoms with van der Waals surface area (Å²) in [5, 5.41) is 4.09. The Labute approximate surface area is 195 Å². The number of carbonyl (C=O) groups excluding carboxylic acids is 4. The number of carbonyl (C=O) groups is 4. The molecule has 0 saturated heterocycles. The van der Waals surface area contributed by atoms with Crippen molar-refractivity contribution in [3.8, 4) is 0 Å². The second-order valence-electron chi connectivity index (χ2n) is 7.90. The lowest BCUT2D eigenvalue weighted by Gasteiger charge is -2.29. The van der Waals surface area contributed by atoms with Crippen molar-refractivity contribution in [2.75, 3.05) is 26.8 Å². The topological polar surface area (TPSA) is 120 Å². The Kier molecular flexibility index (Phi) is 6.49. The highest BCUT2D eigenvalue weighted by molar-refractivity contribution is 6.12. The van der Waals surface area contributed by atoms with Crippen molar-refractivity contribution >= 4 is 45.6 Å². The van der Waals surface area contributed by atoms with E-state index in [1.165, 1.54) is 12.0 Å². The number of methoxy groups -OCH3 is 1. The van der Waals surface area contributed by atoms with Gasteiger partial charge in [-0.2, -0.15) is 0 Å². The minimum atomic E-state index is -1.14. The maximum absolute atomic E-state index is 13.4. The molecule has 3 aromatic rings. The third-order valence-electron chi connectivity index (χ3n) is 5.78. The van der Waals surface area contributed by atoms with E-state index in [4.69, 9.17) is 9.47 Å². The minimum Gasteiger partial charge on any atom is -0.465 e. The number of rotatable bonds is 7. The van der Waals surface area contributed by atoms with Crippen LogP contribution in [0.3, 0.4) is 0 Å². The fraction of sp³-hybridized carbons (Fsp3) is 0.375. The van der Waals surface area contributed by atoms with Crippen molar-refractivity contribution in [2.45, 2.75) is 32.9 Å². The number of aromatic nitrogens is 2. The van der Waals surface area contributed by atoms with Crippen LogP contribution in [0.4, 0.5) is 0 Å². The SMILES string of the molecule is CCCN1C(=O)Cn2c3ccccc3c3cc(C(=O)OC)nc(c32)C1C(=O)NCC(=O)OCC. The third kappa shape index (κ3) is 3.95. The van der Waals surface area contributed by atoms with Crippen molar-refractivity contribution in [1.29, 1.82) is 0 Å². The van der Waals surface area contributed by atoms with Gasteiger partial charge < -0.3 is 24.3 Å². The number of para-hydroxylation sites is 1. The molecule has 1 aliphatic heterocycles. The lowest BCUT2D eigenvalue weighted by Crippen LogP contribution is -2.45. The summed E-state index contributed by atoms with van der Waals surface area (Å²) in [7, 11) is 1.26. The van der Waals surface area contributed by atoms with Crippen molar-refractivity contribution in [1.82, 2.24) is 19.8 Å². The number of esters is 2. The van der Waals surface area contributed by atoms with Gasteiger partial charge in [-0.1, -0.05) is 25.1 Å². The molecule has 34 heavy (non-hydrogen) atoms. The molecule has 2 aromatic heterocycles. The average Bonchev–Trinajstić information content (AvgIpc) is 3.08. The summed E-state index contributed by atoms with van der Waals surface area (Å²) in [5.41, 5.74) is 1.67. The molecule has 1 N–H and O–H groups in total. The highest BCUT2D eigenvalue weighted by Gasteiger charge is 2.38. The summed E-state index contributed by atoms with van der Waals surface area (Å²) in [6.07, 6.45) is 0.600. The first-order chi connectivity index (χ1) is 16.4. The standard InChI is InChI=1S/C24H26N4O6/c1-4-10-27-18(29)13-28-17-9-7-6-8-14(17)15-11-16(24(32)33-3)26-20(21(15)28)22(27)23(31)25-12-19(30)34-5-2/h6-9,11,22H,4-5,10,12-13H2,1-3H3,(H,25,31). The van der Waals surface area contributed by atoms with Gasteiger partial charge in [-0.25, -0.2) is 9.78 Å². The molecule has 4 rings (SSSR count). The number of nitrogens with zero attached hydrogens (tertiary/aromatic N) is 3. The largest absolute Gasteiger partial charge is 0.465 e. The maximum Gasteiger partial charge on any atom is 0.356 e.